The lowest BCUT2D eigenvalue weighted by Crippen LogP contribution is -2.51. The van der Waals surface area contributed by atoms with Crippen molar-refractivity contribution in [2.75, 3.05) is 6.54 Å². The zero-order valence-corrected chi connectivity index (χ0v) is 12.8. The number of carboxylic acids is 1. The molecule has 1 N–H and O–H groups in total. The fourth-order valence-electron chi connectivity index (χ4n) is 3.83. The molecule has 0 radical (unpaired) electrons. The number of carbonyl (C=O) groups excluding carboxylic acids is 1. The van der Waals surface area contributed by atoms with Gasteiger partial charge < -0.3 is 10.0 Å². The second-order valence-electron chi connectivity index (χ2n) is 6.94. The molecule has 1 amide bonds. The van der Waals surface area contributed by atoms with Gasteiger partial charge in [0.1, 0.15) is 0 Å². The predicted molar refractivity (Wildman–Crippen MR) is 77.2 cm³/mol. The van der Waals surface area contributed by atoms with Crippen molar-refractivity contribution in [1.29, 1.82) is 0 Å². The fraction of sp³-hybridized carbons (Fsp3) is 0.875. The van der Waals surface area contributed by atoms with Gasteiger partial charge in [-0.15, -0.1) is 0 Å². The Labute approximate surface area is 121 Å². The van der Waals surface area contributed by atoms with Crippen molar-refractivity contribution in [2.45, 2.75) is 58.9 Å². The summed E-state index contributed by atoms with van der Waals surface area (Å²) < 4.78 is 0. The highest BCUT2D eigenvalue weighted by Gasteiger charge is 2.37. The summed E-state index contributed by atoms with van der Waals surface area (Å²) in [5.74, 6) is 0.490. The number of nitrogens with zero attached hydrogens (tertiary/aromatic N) is 1. The van der Waals surface area contributed by atoms with E-state index in [0.29, 0.717) is 30.7 Å². The maximum Gasteiger partial charge on any atom is 0.306 e. The van der Waals surface area contributed by atoms with Crippen LogP contribution < -0.4 is 0 Å². The molecule has 0 spiro atoms. The Morgan fingerprint density at radius 3 is 2.10 bits per heavy atom. The summed E-state index contributed by atoms with van der Waals surface area (Å²) in [6.07, 6.45) is 3.97. The number of likely N-dealkylation sites (tertiary alicyclic amines) is 1. The Morgan fingerprint density at radius 1 is 1.00 bits per heavy atom. The fourth-order valence-corrected chi connectivity index (χ4v) is 3.83. The van der Waals surface area contributed by atoms with Gasteiger partial charge in [0.15, 0.2) is 0 Å². The first-order valence-electron chi connectivity index (χ1n) is 7.93. The summed E-state index contributed by atoms with van der Waals surface area (Å²) in [6, 6.07) is 0.316. The molecule has 4 nitrogen and oxygen atoms in total. The van der Waals surface area contributed by atoms with Gasteiger partial charge in [-0.05, 0) is 50.9 Å². The predicted octanol–water partition coefficient (Wildman–Crippen LogP) is 2.77. The summed E-state index contributed by atoms with van der Waals surface area (Å²) in [7, 11) is 0. The number of aliphatic carboxylic acids is 1. The van der Waals surface area contributed by atoms with Crippen molar-refractivity contribution < 1.29 is 14.7 Å². The third-order valence-corrected chi connectivity index (χ3v) is 5.31. The third-order valence-electron chi connectivity index (χ3n) is 5.31. The van der Waals surface area contributed by atoms with Crippen LogP contribution in [0, 0.1) is 23.7 Å². The summed E-state index contributed by atoms with van der Waals surface area (Å²) in [6.45, 7) is 7.45. The minimum absolute atomic E-state index is 0.0468. The van der Waals surface area contributed by atoms with Crippen LogP contribution in [0.2, 0.25) is 0 Å². The highest BCUT2D eigenvalue weighted by Crippen LogP contribution is 2.33. The average Bonchev–Trinajstić information content (AvgIpc) is 2.42. The lowest BCUT2D eigenvalue weighted by molar-refractivity contribution is -0.147. The third kappa shape index (κ3) is 3.15. The number of carboxylic acid groups (broad SMARTS) is 1. The quantitative estimate of drug-likeness (QED) is 0.846. The topological polar surface area (TPSA) is 57.6 Å². The molecule has 3 atom stereocenters. The van der Waals surface area contributed by atoms with Crippen LogP contribution in [0.4, 0.5) is 0 Å². The zero-order chi connectivity index (χ0) is 14.9. The molecular formula is C16H27NO3. The van der Waals surface area contributed by atoms with E-state index in [9.17, 15) is 9.59 Å². The van der Waals surface area contributed by atoms with E-state index >= 15 is 0 Å². The second-order valence-corrected chi connectivity index (χ2v) is 6.94. The molecule has 0 aromatic carbocycles. The molecule has 114 valence electrons. The first-order valence-corrected chi connectivity index (χ1v) is 7.93. The monoisotopic (exact) mass is 281 g/mol. The molecule has 0 bridgehead atoms. The summed E-state index contributed by atoms with van der Waals surface area (Å²) in [5.41, 5.74) is 0. The summed E-state index contributed by atoms with van der Waals surface area (Å²) in [4.78, 5) is 25.7. The number of carbonyl (C=O) groups is 2. The van der Waals surface area contributed by atoms with E-state index in [2.05, 4.69) is 25.7 Å². The van der Waals surface area contributed by atoms with Gasteiger partial charge in [-0.25, -0.2) is 0 Å². The molecule has 1 aliphatic carbocycles. The van der Waals surface area contributed by atoms with Crippen molar-refractivity contribution in [3.8, 4) is 0 Å². The average molecular weight is 281 g/mol. The van der Waals surface area contributed by atoms with Crippen molar-refractivity contribution in [1.82, 2.24) is 4.90 Å². The molecule has 3 unspecified atom stereocenters. The first-order chi connectivity index (χ1) is 9.40. The van der Waals surface area contributed by atoms with Crippen LogP contribution in [0.15, 0.2) is 0 Å². The molecule has 1 heterocycles. The lowest BCUT2D eigenvalue weighted by atomic mass is 9.79. The van der Waals surface area contributed by atoms with Crippen LogP contribution in [0.1, 0.15) is 52.9 Å². The normalized spacial score (nSPS) is 38.5. The van der Waals surface area contributed by atoms with E-state index in [1.54, 1.807) is 0 Å². The first kappa shape index (κ1) is 15.3. The minimum atomic E-state index is -0.704. The van der Waals surface area contributed by atoms with Gasteiger partial charge in [0.05, 0.1) is 5.92 Å². The zero-order valence-electron chi connectivity index (χ0n) is 12.8. The van der Waals surface area contributed by atoms with E-state index in [0.717, 1.165) is 19.4 Å². The van der Waals surface area contributed by atoms with Crippen molar-refractivity contribution >= 4 is 11.9 Å². The Morgan fingerprint density at radius 2 is 1.55 bits per heavy atom. The maximum atomic E-state index is 12.7. The molecule has 1 saturated carbocycles. The molecule has 4 heteroatoms. The number of rotatable bonds is 2. The Bertz CT molecular complexity index is 374. The van der Waals surface area contributed by atoms with E-state index in [1.807, 2.05) is 0 Å². The van der Waals surface area contributed by atoms with Crippen LogP contribution in [-0.4, -0.2) is 34.5 Å². The van der Waals surface area contributed by atoms with Gasteiger partial charge >= 0.3 is 5.97 Å². The van der Waals surface area contributed by atoms with E-state index in [1.165, 1.54) is 6.42 Å². The Hall–Kier alpha value is -1.06. The van der Waals surface area contributed by atoms with Gasteiger partial charge in [0.25, 0.3) is 0 Å². The van der Waals surface area contributed by atoms with Crippen molar-refractivity contribution in [3.05, 3.63) is 0 Å². The number of piperidine rings is 1. The standard InChI is InChI=1S/C16H27NO3/c1-10-8-11(2)12(3)17(9-10)15(18)13-4-6-14(7-5-13)16(19)20/h10-14H,4-9H2,1-3H3,(H,19,20). The Kier molecular flexibility index (Phi) is 4.71. The van der Waals surface area contributed by atoms with Crippen LogP contribution in [0.5, 0.6) is 0 Å². The molecule has 0 aromatic rings. The SMILES string of the molecule is CC1CC(C)C(C)N(C(=O)C2CCC(C(=O)O)CC2)C1. The smallest absolute Gasteiger partial charge is 0.306 e. The molecule has 1 saturated heterocycles. The molecule has 2 aliphatic rings. The van der Waals surface area contributed by atoms with E-state index < -0.39 is 5.97 Å². The molecule has 0 aromatic heterocycles. The van der Waals surface area contributed by atoms with Crippen LogP contribution >= 0.6 is 0 Å². The molecule has 1 aliphatic heterocycles. The lowest BCUT2D eigenvalue weighted by Gasteiger charge is -2.43. The van der Waals surface area contributed by atoms with Gasteiger partial charge in [0.2, 0.25) is 5.91 Å². The molecular weight excluding hydrogens is 254 g/mol. The second kappa shape index (κ2) is 6.15. The molecule has 2 fully saturated rings. The summed E-state index contributed by atoms with van der Waals surface area (Å²) in [5, 5.41) is 9.03. The van der Waals surface area contributed by atoms with Gasteiger partial charge in [-0.1, -0.05) is 13.8 Å². The Balaban J connectivity index is 1.96. The highest BCUT2D eigenvalue weighted by atomic mass is 16.4. The highest BCUT2D eigenvalue weighted by molar-refractivity contribution is 5.80. The van der Waals surface area contributed by atoms with Crippen LogP contribution in [0.25, 0.3) is 0 Å². The maximum absolute atomic E-state index is 12.7. The van der Waals surface area contributed by atoms with Gasteiger partial charge in [0, 0.05) is 18.5 Å². The van der Waals surface area contributed by atoms with Crippen molar-refractivity contribution in [3.63, 3.8) is 0 Å². The van der Waals surface area contributed by atoms with E-state index in [-0.39, 0.29) is 17.7 Å². The molecule has 2 rings (SSSR count). The van der Waals surface area contributed by atoms with Gasteiger partial charge in [-0.2, -0.15) is 0 Å². The number of hydrogen-bond acceptors (Lipinski definition) is 2. The largest absolute Gasteiger partial charge is 0.481 e. The minimum Gasteiger partial charge on any atom is -0.481 e. The van der Waals surface area contributed by atoms with Crippen molar-refractivity contribution in [2.24, 2.45) is 23.7 Å². The molecule has 20 heavy (non-hydrogen) atoms. The van der Waals surface area contributed by atoms with Gasteiger partial charge in [-0.3, -0.25) is 9.59 Å². The number of hydrogen-bond donors (Lipinski definition) is 1. The number of amides is 1. The van der Waals surface area contributed by atoms with Crippen LogP contribution in [0.3, 0.4) is 0 Å². The van der Waals surface area contributed by atoms with E-state index in [4.69, 9.17) is 5.11 Å². The summed E-state index contributed by atoms with van der Waals surface area (Å²) >= 11 is 0. The van der Waals surface area contributed by atoms with Crippen LogP contribution in [-0.2, 0) is 9.59 Å².